The number of benzene rings is 1. The smallest absolute Gasteiger partial charge is 0.128 e. The van der Waals surface area contributed by atoms with E-state index in [0.29, 0.717) is 6.61 Å². The SMILES string of the molecule is CC1=CCOc2cc(Br)ccc21. The minimum atomic E-state index is 0.690. The van der Waals surface area contributed by atoms with Crippen molar-refractivity contribution < 1.29 is 4.74 Å². The summed E-state index contributed by atoms with van der Waals surface area (Å²) in [5.74, 6) is 0.976. The van der Waals surface area contributed by atoms with Crippen molar-refractivity contribution in [1.29, 1.82) is 0 Å². The van der Waals surface area contributed by atoms with E-state index in [2.05, 4.69) is 35.0 Å². The first-order valence-corrected chi connectivity index (χ1v) is 4.66. The lowest BCUT2D eigenvalue weighted by Crippen LogP contribution is -2.02. The van der Waals surface area contributed by atoms with Crippen molar-refractivity contribution in [2.75, 3.05) is 6.61 Å². The van der Waals surface area contributed by atoms with Crippen LogP contribution in [0, 0.1) is 0 Å². The van der Waals surface area contributed by atoms with Crippen LogP contribution in [-0.2, 0) is 0 Å². The van der Waals surface area contributed by atoms with Crippen LogP contribution in [0.3, 0.4) is 0 Å². The molecule has 0 saturated heterocycles. The predicted octanol–water partition coefficient (Wildman–Crippen LogP) is 3.24. The second kappa shape index (κ2) is 2.94. The minimum absolute atomic E-state index is 0.690. The van der Waals surface area contributed by atoms with Crippen LogP contribution in [0.1, 0.15) is 12.5 Å². The lowest BCUT2D eigenvalue weighted by atomic mass is 10.0. The number of hydrogen-bond acceptors (Lipinski definition) is 1. The van der Waals surface area contributed by atoms with E-state index in [1.165, 1.54) is 11.1 Å². The zero-order valence-electron chi connectivity index (χ0n) is 6.80. The summed E-state index contributed by atoms with van der Waals surface area (Å²) in [4.78, 5) is 0. The van der Waals surface area contributed by atoms with E-state index in [-0.39, 0.29) is 0 Å². The molecule has 2 heteroatoms. The maximum Gasteiger partial charge on any atom is 0.128 e. The van der Waals surface area contributed by atoms with Gasteiger partial charge in [-0.05, 0) is 36.8 Å². The van der Waals surface area contributed by atoms with Crippen LogP contribution in [0.5, 0.6) is 5.75 Å². The summed E-state index contributed by atoms with van der Waals surface area (Å²) in [7, 11) is 0. The Hall–Kier alpha value is -0.760. The molecular weight excluding hydrogens is 216 g/mol. The summed E-state index contributed by atoms with van der Waals surface area (Å²) in [5, 5.41) is 0. The summed E-state index contributed by atoms with van der Waals surface area (Å²) < 4.78 is 6.53. The molecular formula is C10H9BrO. The van der Waals surface area contributed by atoms with E-state index in [1.54, 1.807) is 0 Å². The summed E-state index contributed by atoms with van der Waals surface area (Å²) in [6.45, 7) is 2.80. The summed E-state index contributed by atoms with van der Waals surface area (Å²) in [6, 6.07) is 6.11. The van der Waals surface area contributed by atoms with Gasteiger partial charge in [0, 0.05) is 10.0 Å². The Kier molecular flexibility index (Phi) is 1.93. The van der Waals surface area contributed by atoms with Crippen molar-refractivity contribution >= 4 is 21.5 Å². The molecule has 0 fully saturated rings. The summed E-state index contributed by atoms with van der Waals surface area (Å²) >= 11 is 3.41. The van der Waals surface area contributed by atoms with Gasteiger partial charge in [0.1, 0.15) is 12.4 Å². The van der Waals surface area contributed by atoms with Gasteiger partial charge in [-0.15, -0.1) is 0 Å². The van der Waals surface area contributed by atoms with Gasteiger partial charge in [-0.25, -0.2) is 0 Å². The largest absolute Gasteiger partial charge is 0.489 e. The second-order valence-corrected chi connectivity index (χ2v) is 3.75. The first kappa shape index (κ1) is 7.87. The first-order valence-electron chi connectivity index (χ1n) is 3.87. The molecule has 0 bridgehead atoms. The van der Waals surface area contributed by atoms with Gasteiger partial charge in [0.25, 0.3) is 0 Å². The molecule has 1 aromatic rings. The van der Waals surface area contributed by atoms with Gasteiger partial charge in [-0.2, -0.15) is 0 Å². The Morgan fingerprint density at radius 2 is 2.25 bits per heavy atom. The highest BCUT2D eigenvalue weighted by Crippen LogP contribution is 2.31. The van der Waals surface area contributed by atoms with Crippen LogP contribution >= 0.6 is 15.9 Å². The van der Waals surface area contributed by atoms with Gasteiger partial charge in [0.15, 0.2) is 0 Å². The molecule has 0 aromatic heterocycles. The highest BCUT2D eigenvalue weighted by atomic mass is 79.9. The lowest BCUT2D eigenvalue weighted by Gasteiger charge is -2.16. The molecule has 62 valence electrons. The van der Waals surface area contributed by atoms with Crippen LogP contribution in [0.4, 0.5) is 0 Å². The average Bonchev–Trinajstić information content (AvgIpc) is 2.04. The fourth-order valence-corrected chi connectivity index (χ4v) is 1.65. The standard InChI is InChI=1S/C10H9BrO/c1-7-4-5-12-10-6-8(11)2-3-9(7)10/h2-4,6H,5H2,1H3. The molecule has 2 rings (SSSR count). The monoisotopic (exact) mass is 224 g/mol. The van der Waals surface area contributed by atoms with Crippen molar-refractivity contribution in [3.8, 4) is 5.75 Å². The van der Waals surface area contributed by atoms with Crippen LogP contribution in [0.2, 0.25) is 0 Å². The fourth-order valence-electron chi connectivity index (χ4n) is 1.31. The minimum Gasteiger partial charge on any atom is -0.489 e. The van der Waals surface area contributed by atoms with E-state index in [4.69, 9.17) is 4.74 Å². The quantitative estimate of drug-likeness (QED) is 0.658. The molecule has 0 saturated carbocycles. The third-order valence-electron chi connectivity index (χ3n) is 2.00. The Morgan fingerprint density at radius 3 is 3.08 bits per heavy atom. The van der Waals surface area contributed by atoms with E-state index in [1.807, 2.05) is 12.1 Å². The second-order valence-electron chi connectivity index (χ2n) is 2.84. The lowest BCUT2D eigenvalue weighted by molar-refractivity contribution is 0.357. The maximum atomic E-state index is 5.47. The van der Waals surface area contributed by atoms with Crippen LogP contribution in [-0.4, -0.2) is 6.61 Å². The Balaban J connectivity index is 2.56. The molecule has 0 N–H and O–H groups in total. The van der Waals surface area contributed by atoms with Gasteiger partial charge in [0.05, 0.1) is 0 Å². The molecule has 1 nitrogen and oxygen atoms in total. The van der Waals surface area contributed by atoms with Crippen molar-refractivity contribution in [2.45, 2.75) is 6.92 Å². The Morgan fingerprint density at radius 1 is 1.42 bits per heavy atom. The molecule has 0 aliphatic carbocycles. The number of hydrogen-bond donors (Lipinski definition) is 0. The molecule has 1 heterocycles. The van der Waals surface area contributed by atoms with Crippen molar-refractivity contribution in [3.05, 3.63) is 34.3 Å². The van der Waals surface area contributed by atoms with Gasteiger partial charge >= 0.3 is 0 Å². The topological polar surface area (TPSA) is 9.23 Å². The predicted molar refractivity (Wildman–Crippen MR) is 53.3 cm³/mol. The van der Waals surface area contributed by atoms with E-state index in [9.17, 15) is 0 Å². The molecule has 1 aliphatic heterocycles. The van der Waals surface area contributed by atoms with Crippen LogP contribution in [0.25, 0.3) is 5.57 Å². The molecule has 0 atom stereocenters. The number of halogens is 1. The highest BCUT2D eigenvalue weighted by Gasteiger charge is 2.09. The van der Waals surface area contributed by atoms with E-state index in [0.717, 1.165) is 10.2 Å². The van der Waals surface area contributed by atoms with E-state index >= 15 is 0 Å². The molecule has 0 spiro atoms. The molecule has 0 unspecified atom stereocenters. The first-order chi connectivity index (χ1) is 5.77. The third kappa shape index (κ3) is 1.27. The number of ether oxygens (including phenoxy) is 1. The third-order valence-corrected chi connectivity index (χ3v) is 2.49. The van der Waals surface area contributed by atoms with Crippen molar-refractivity contribution in [2.24, 2.45) is 0 Å². The molecule has 0 radical (unpaired) electrons. The van der Waals surface area contributed by atoms with Crippen molar-refractivity contribution in [1.82, 2.24) is 0 Å². The summed E-state index contributed by atoms with van der Waals surface area (Å²) in [5.41, 5.74) is 2.49. The zero-order chi connectivity index (χ0) is 8.55. The summed E-state index contributed by atoms with van der Waals surface area (Å²) in [6.07, 6.45) is 2.09. The molecule has 12 heavy (non-hydrogen) atoms. The number of fused-ring (bicyclic) bond motifs is 1. The number of rotatable bonds is 0. The Bertz CT molecular complexity index is 342. The molecule has 1 aromatic carbocycles. The molecule has 0 amide bonds. The van der Waals surface area contributed by atoms with Crippen molar-refractivity contribution in [3.63, 3.8) is 0 Å². The van der Waals surface area contributed by atoms with Gasteiger partial charge in [0.2, 0.25) is 0 Å². The zero-order valence-corrected chi connectivity index (χ0v) is 8.39. The maximum absolute atomic E-state index is 5.47. The Labute approximate surface area is 80.2 Å². The molecule has 1 aliphatic rings. The van der Waals surface area contributed by atoms with Gasteiger partial charge in [-0.1, -0.05) is 15.9 Å². The van der Waals surface area contributed by atoms with Crippen LogP contribution < -0.4 is 4.74 Å². The van der Waals surface area contributed by atoms with Gasteiger partial charge < -0.3 is 4.74 Å². The average molecular weight is 225 g/mol. The number of allylic oxidation sites excluding steroid dienone is 1. The normalized spacial score (nSPS) is 14.7. The van der Waals surface area contributed by atoms with E-state index < -0.39 is 0 Å². The van der Waals surface area contributed by atoms with Gasteiger partial charge in [-0.3, -0.25) is 0 Å². The highest BCUT2D eigenvalue weighted by molar-refractivity contribution is 9.10. The fraction of sp³-hybridized carbons (Fsp3) is 0.200. The van der Waals surface area contributed by atoms with Crippen LogP contribution in [0.15, 0.2) is 28.7 Å².